The average molecular weight is 168 g/mol. The molecule has 0 saturated heterocycles. The van der Waals surface area contributed by atoms with Crippen LogP contribution in [0.3, 0.4) is 0 Å². The first-order valence-electron chi connectivity index (χ1n) is 3.04. The molecule has 1 amide bonds. The second-order valence-electron chi connectivity index (χ2n) is 2.06. The molecule has 11 heavy (non-hydrogen) atoms. The van der Waals surface area contributed by atoms with Crippen molar-refractivity contribution in [3.8, 4) is 0 Å². The number of benzene rings is 1. The van der Waals surface area contributed by atoms with Gasteiger partial charge in [0.25, 0.3) is 5.91 Å². The van der Waals surface area contributed by atoms with Gasteiger partial charge < -0.3 is 5.73 Å². The second-order valence-corrected chi connectivity index (χ2v) is 2.29. The van der Waals surface area contributed by atoms with E-state index in [0.29, 0.717) is 11.3 Å². The molecular weight excluding hydrogens is 160 g/mol. The van der Waals surface area contributed by atoms with E-state index in [1.807, 2.05) is 0 Å². The molecular formula is C7H8N2OS. The molecule has 0 aliphatic heterocycles. The maximum Gasteiger partial charge on any atom is 0.260 e. The largest absolute Gasteiger partial charge is 0.399 e. The van der Waals surface area contributed by atoms with E-state index in [-0.39, 0.29) is 5.91 Å². The number of carbonyl (C=O) groups excluding carboxylic acids is 1. The predicted molar refractivity (Wildman–Crippen MR) is 47.3 cm³/mol. The van der Waals surface area contributed by atoms with Crippen LogP contribution in [0.4, 0.5) is 5.69 Å². The number of rotatable bonds is 1. The summed E-state index contributed by atoms with van der Waals surface area (Å²) in [5.41, 5.74) is 6.61. The standard InChI is InChI=1S/C7H8N2OS/c8-6-3-1-5(2-4-6)7(10)9-11/h1-4,11H,8H2,(H,9,10). The van der Waals surface area contributed by atoms with Gasteiger partial charge in [0.05, 0.1) is 0 Å². The summed E-state index contributed by atoms with van der Waals surface area (Å²) >= 11 is 3.62. The van der Waals surface area contributed by atoms with Crippen LogP contribution in [0.2, 0.25) is 0 Å². The summed E-state index contributed by atoms with van der Waals surface area (Å²) in [4.78, 5) is 10.9. The van der Waals surface area contributed by atoms with Crippen molar-refractivity contribution < 1.29 is 4.79 Å². The molecule has 0 saturated carbocycles. The molecule has 0 aromatic heterocycles. The molecule has 0 radical (unpaired) electrons. The lowest BCUT2D eigenvalue weighted by Gasteiger charge is -1.97. The Hall–Kier alpha value is -1.16. The minimum Gasteiger partial charge on any atom is -0.399 e. The highest BCUT2D eigenvalue weighted by Crippen LogP contribution is 2.04. The van der Waals surface area contributed by atoms with Crippen LogP contribution >= 0.6 is 12.8 Å². The highest BCUT2D eigenvalue weighted by atomic mass is 32.1. The van der Waals surface area contributed by atoms with E-state index in [0.717, 1.165) is 0 Å². The molecule has 0 aliphatic carbocycles. The second kappa shape index (κ2) is 3.30. The van der Waals surface area contributed by atoms with Crippen molar-refractivity contribution in [2.45, 2.75) is 0 Å². The molecule has 1 aromatic rings. The van der Waals surface area contributed by atoms with E-state index in [1.165, 1.54) is 0 Å². The van der Waals surface area contributed by atoms with Crippen LogP contribution in [0.25, 0.3) is 0 Å². The monoisotopic (exact) mass is 168 g/mol. The van der Waals surface area contributed by atoms with Crippen molar-refractivity contribution in [3.63, 3.8) is 0 Å². The third-order valence-electron chi connectivity index (χ3n) is 1.27. The summed E-state index contributed by atoms with van der Waals surface area (Å²) in [6.07, 6.45) is 0. The first-order chi connectivity index (χ1) is 5.24. The van der Waals surface area contributed by atoms with Gasteiger partial charge in [0.2, 0.25) is 0 Å². The topological polar surface area (TPSA) is 55.1 Å². The van der Waals surface area contributed by atoms with Gasteiger partial charge in [-0.2, -0.15) is 0 Å². The highest BCUT2D eigenvalue weighted by Gasteiger charge is 2.00. The van der Waals surface area contributed by atoms with Crippen molar-refractivity contribution in [1.82, 2.24) is 4.72 Å². The molecule has 0 aliphatic rings. The number of nitrogen functional groups attached to an aromatic ring is 1. The number of nitrogens with one attached hydrogen (secondary N) is 1. The van der Waals surface area contributed by atoms with Gasteiger partial charge in [-0.25, -0.2) is 0 Å². The SMILES string of the molecule is Nc1ccc(C(=O)NS)cc1. The van der Waals surface area contributed by atoms with Crippen LogP contribution in [-0.4, -0.2) is 5.91 Å². The van der Waals surface area contributed by atoms with Crippen molar-refractivity contribution in [2.24, 2.45) is 0 Å². The fraction of sp³-hybridized carbons (Fsp3) is 0. The van der Waals surface area contributed by atoms with Gasteiger partial charge in [0.1, 0.15) is 0 Å². The van der Waals surface area contributed by atoms with Crippen LogP contribution in [0.1, 0.15) is 10.4 Å². The molecule has 0 atom stereocenters. The van der Waals surface area contributed by atoms with Crippen molar-refractivity contribution in [2.75, 3.05) is 5.73 Å². The highest BCUT2D eigenvalue weighted by molar-refractivity contribution is 7.78. The number of hydrogen-bond donors (Lipinski definition) is 3. The van der Waals surface area contributed by atoms with E-state index < -0.39 is 0 Å². The molecule has 0 heterocycles. The zero-order valence-corrected chi connectivity index (χ0v) is 6.64. The summed E-state index contributed by atoms with van der Waals surface area (Å²) < 4.78 is 2.22. The number of anilines is 1. The minimum absolute atomic E-state index is 0.228. The smallest absolute Gasteiger partial charge is 0.260 e. The lowest BCUT2D eigenvalue weighted by Crippen LogP contribution is -2.12. The van der Waals surface area contributed by atoms with Crippen molar-refractivity contribution in [3.05, 3.63) is 29.8 Å². The molecule has 0 unspecified atom stereocenters. The van der Waals surface area contributed by atoms with Gasteiger partial charge >= 0.3 is 0 Å². The minimum atomic E-state index is -0.228. The van der Waals surface area contributed by atoms with Gasteiger partial charge in [-0.3, -0.25) is 9.52 Å². The Morgan fingerprint density at radius 3 is 2.36 bits per heavy atom. The van der Waals surface area contributed by atoms with E-state index in [4.69, 9.17) is 5.73 Å². The molecule has 1 aromatic carbocycles. The van der Waals surface area contributed by atoms with Gasteiger partial charge in [-0.05, 0) is 24.3 Å². The Morgan fingerprint density at radius 2 is 1.91 bits per heavy atom. The summed E-state index contributed by atoms with van der Waals surface area (Å²) in [6.45, 7) is 0. The summed E-state index contributed by atoms with van der Waals surface area (Å²) in [7, 11) is 0. The van der Waals surface area contributed by atoms with Crippen LogP contribution in [0.15, 0.2) is 24.3 Å². The summed E-state index contributed by atoms with van der Waals surface area (Å²) in [6, 6.07) is 6.61. The Labute approximate surface area is 70.1 Å². The van der Waals surface area contributed by atoms with Crippen molar-refractivity contribution >= 4 is 24.4 Å². The van der Waals surface area contributed by atoms with E-state index in [9.17, 15) is 4.79 Å². The number of carbonyl (C=O) groups is 1. The molecule has 1 rings (SSSR count). The maximum absolute atomic E-state index is 10.9. The lowest BCUT2D eigenvalue weighted by molar-refractivity contribution is 0.0985. The van der Waals surface area contributed by atoms with Gasteiger partial charge in [-0.1, -0.05) is 12.8 Å². The van der Waals surface area contributed by atoms with Gasteiger partial charge in [0, 0.05) is 11.3 Å². The van der Waals surface area contributed by atoms with E-state index in [1.54, 1.807) is 24.3 Å². The Bertz CT molecular complexity index is 258. The molecule has 3 N–H and O–H groups in total. The van der Waals surface area contributed by atoms with Crippen LogP contribution in [0, 0.1) is 0 Å². The van der Waals surface area contributed by atoms with E-state index in [2.05, 4.69) is 17.5 Å². The molecule has 0 fully saturated rings. The summed E-state index contributed by atoms with van der Waals surface area (Å²) in [5, 5.41) is 0. The first-order valence-corrected chi connectivity index (χ1v) is 3.48. The molecule has 0 spiro atoms. The maximum atomic E-state index is 10.9. The van der Waals surface area contributed by atoms with Gasteiger partial charge in [-0.15, -0.1) is 0 Å². The third-order valence-corrected chi connectivity index (χ3v) is 1.48. The van der Waals surface area contributed by atoms with E-state index >= 15 is 0 Å². The number of nitrogens with two attached hydrogens (primary N) is 1. The number of hydrogen-bond acceptors (Lipinski definition) is 3. The zero-order valence-electron chi connectivity index (χ0n) is 5.74. The normalized spacial score (nSPS) is 9.18. The zero-order chi connectivity index (χ0) is 8.27. The average Bonchev–Trinajstić information content (AvgIpc) is 2.05. The predicted octanol–water partition coefficient (Wildman–Crippen LogP) is 0.843. The third kappa shape index (κ3) is 1.88. The molecule has 58 valence electrons. The summed E-state index contributed by atoms with van der Waals surface area (Å²) in [5.74, 6) is -0.228. The molecule has 3 nitrogen and oxygen atoms in total. The van der Waals surface area contributed by atoms with Crippen LogP contribution in [-0.2, 0) is 0 Å². The Balaban J connectivity index is 2.90. The number of amides is 1. The Kier molecular flexibility index (Phi) is 2.38. The number of thiol groups is 1. The first kappa shape index (κ1) is 7.94. The molecule has 4 heteroatoms. The van der Waals surface area contributed by atoms with Crippen LogP contribution in [0.5, 0.6) is 0 Å². The lowest BCUT2D eigenvalue weighted by atomic mass is 10.2. The fourth-order valence-corrected chi connectivity index (χ4v) is 0.828. The van der Waals surface area contributed by atoms with Gasteiger partial charge in [0.15, 0.2) is 0 Å². The fourth-order valence-electron chi connectivity index (χ4n) is 0.699. The quantitative estimate of drug-likeness (QED) is 0.430. The van der Waals surface area contributed by atoms with Crippen molar-refractivity contribution in [1.29, 1.82) is 0 Å². The van der Waals surface area contributed by atoms with Crippen LogP contribution < -0.4 is 10.5 Å². The Morgan fingerprint density at radius 1 is 1.36 bits per heavy atom. The molecule has 0 bridgehead atoms.